The smallest absolute Gasteiger partial charge is 0.462 e. The van der Waals surface area contributed by atoms with Crippen molar-refractivity contribution in [3.05, 3.63) is 24.3 Å². The summed E-state index contributed by atoms with van der Waals surface area (Å²) in [6.45, 7) is 3.82. The number of hydrogen-bond donors (Lipinski definition) is 2. The van der Waals surface area contributed by atoms with Crippen molar-refractivity contribution in [2.45, 2.75) is 405 Å². The zero-order chi connectivity index (χ0) is 60.1. The number of allylic oxidation sites excluding steroid dienone is 4. The van der Waals surface area contributed by atoms with Gasteiger partial charge in [-0.25, -0.2) is 4.57 Å². The molecule has 9 nitrogen and oxygen atoms in total. The van der Waals surface area contributed by atoms with Crippen LogP contribution < -0.4 is 5.73 Å². The summed E-state index contributed by atoms with van der Waals surface area (Å²) in [6.07, 6.45) is 85.8. The molecule has 0 bridgehead atoms. The lowest BCUT2D eigenvalue weighted by atomic mass is 10.0. The number of carbonyl (C=O) groups is 2. The predicted octanol–water partition coefficient (Wildman–Crippen LogP) is 24.1. The van der Waals surface area contributed by atoms with Gasteiger partial charge in [-0.2, -0.15) is 0 Å². The Balaban J connectivity index is 3.76. The molecule has 0 fully saturated rings. The van der Waals surface area contributed by atoms with Crippen LogP contribution in [0, 0.1) is 0 Å². The third-order valence-corrected chi connectivity index (χ3v) is 17.8. The Morgan fingerprint density at radius 3 is 0.916 bits per heavy atom. The minimum absolute atomic E-state index is 0.0576. The molecule has 2 unspecified atom stereocenters. The molecule has 0 aromatic heterocycles. The summed E-state index contributed by atoms with van der Waals surface area (Å²) in [5.74, 6) is -0.800. The fraction of sp³-hybridized carbons (Fsp3) is 0.918. The second-order valence-electron chi connectivity index (χ2n) is 25.2. The highest BCUT2D eigenvalue weighted by Crippen LogP contribution is 2.43. The van der Waals surface area contributed by atoms with Gasteiger partial charge in [-0.3, -0.25) is 18.6 Å². The van der Waals surface area contributed by atoms with E-state index in [0.29, 0.717) is 6.42 Å². The predicted molar refractivity (Wildman–Crippen MR) is 358 cm³/mol. The molecule has 0 rings (SSSR count). The van der Waals surface area contributed by atoms with Crippen LogP contribution in [-0.2, 0) is 32.7 Å². The second-order valence-corrected chi connectivity index (χ2v) is 26.6. The van der Waals surface area contributed by atoms with E-state index in [2.05, 4.69) is 38.2 Å². The van der Waals surface area contributed by atoms with Crippen LogP contribution in [0.4, 0.5) is 0 Å². The Labute approximate surface area is 516 Å². The number of nitrogens with two attached hydrogens (primary N) is 1. The molecule has 0 amide bonds. The van der Waals surface area contributed by atoms with Gasteiger partial charge in [-0.05, 0) is 44.9 Å². The summed E-state index contributed by atoms with van der Waals surface area (Å²) < 4.78 is 33.2. The van der Waals surface area contributed by atoms with Gasteiger partial charge < -0.3 is 20.1 Å². The highest BCUT2D eigenvalue weighted by atomic mass is 31.2. The average molecular weight is 1190 g/mol. The highest BCUT2D eigenvalue weighted by Gasteiger charge is 2.26. The molecule has 0 aliphatic rings. The maximum Gasteiger partial charge on any atom is 0.472 e. The molecule has 0 radical (unpaired) electrons. The number of ether oxygens (including phenoxy) is 2. The number of carbonyl (C=O) groups excluding carboxylic acids is 2. The molecule has 3 N–H and O–H groups in total. The third kappa shape index (κ3) is 69.5. The molecule has 0 aliphatic carbocycles. The first kappa shape index (κ1) is 81.5. The first-order valence-corrected chi connectivity index (χ1v) is 38.3. The first-order valence-electron chi connectivity index (χ1n) is 36.8. The maximum absolute atomic E-state index is 12.8. The molecule has 0 aromatic rings. The number of phosphoric ester groups is 1. The van der Waals surface area contributed by atoms with Crippen molar-refractivity contribution in [1.82, 2.24) is 0 Å². The van der Waals surface area contributed by atoms with E-state index in [4.69, 9.17) is 24.3 Å². The topological polar surface area (TPSA) is 134 Å². The van der Waals surface area contributed by atoms with Gasteiger partial charge in [0.1, 0.15) is 6.61 Å². The summed E-state index contributed by atoms with van der Waals surface area (Å²) >= 11 is 0. The van der Waals surface area contributed by atoms with Gasteiger partial charge in [0.05, 0.1) is 13.2 Å². The molecular formula is C73H142NO8P. The zero-order valence-corrected chi connectivity index (χ0v) is 56.4. The molecular weight excluding hydrogens is 1050 g/mol. The van der Waals surface area contributed by atoms with Gasteiger partial charge in [0.25, 0.3) is 0 Å². The van der Waals surface area contributed by atoms with E-state index in [0.717, 1.165) is 38.5 Å². The van der Waals surface area contributed by atoms with Crippen molar-refractivity contribution in [1.29, 1.82) is 0 Å². The van der Waals surface area contributed by atoms with Crippen LogP contribution in [0.1, 0.15) is 399 Å². The van der Waals surface area contributed by atoms with Gasteiger partial charge >= 0.3 is 19.8 Å². The van der Waals surface area contributed by atoms with Crippen molar-refractivity contribution < 1.29 is 37.6 Å². The Bertz CT molecular complexity index is 1410. The van der Waals surface area contributed by atoms with Crippen LogP contribution in [0.3, 0.4) is 0 Å². The third-order valence-electron chi connectivity index (χ3n) is 16.8. The molecule has 10 heteroatoms. The van der Waals surface area contributed by atoms with Gasteiger partial charge in [0.15, 0.2) is 6.10 Å². The van der Waals surface area contributed by atoms with Crippen molar-refractivity contribution in [2.24, 2.45) is 5.73 Å². The summed E-state index contributed by atoms with van der Waals surface area (Å²) in [6, 6.07) is 0. The lowest BCUT2D eigenvalue weighted by Crippen LogP contribution is -2.29. The highest BCUT2D eigenvalue weighted by molar-refractivity contribution is 7.47. The maximum atomic E-state index is 12.8. The van der Waals surface area contributed by atoms with Crippen molar-refractivity contribution in [3.8, 4) is 0 Å². The number of esters is 2. The molecule has 0 aromatic carbocycles. The molecule has 0 saturated carbocycles. The minimum Gasteiger partial charge on any atom is -0.462 e. The molecule has 0 heterocycles. The normalized spacial score (nSPS) is 13.0. The van der Waals surface area contributed by atoms with E-state index in [1.165, 1.54) is 327 Å². The van der Waals surface area contributed by atoms with E-state index in [1.54, 1.807) is 0 Å². The van der Waals surface area contributed by atoms with Gasteiger partial charge in [0.2, 0.25) is 0 Å². The summed E-state index contributed by atoms with van der Waals surface area (Å²) in [7, 11) is -4.39. The fourth-order valence-electron chi connectivity index (χ4n) is 11.4. The molecule has 492 valence electrons. The van der Waals surface area contributed by atoms with Crippen molar-refractivity contribution >= 4 is 19.8 Å². The Hall–Kier alpha value is -1.51. The minimum atomic E-state index is -4.39. The van der Waals surface area contributed by atoms with Crippen LogP contribution in [0.2, 0.25) is 0 Å². The van der Waals surface area contributed by atoms with Crippen molar-refractivity contribution in [3.63, 3.8) is 0 Å². The Morgan fingerprint density at radius 2 is 0.627 bits per heavy atom. The summed E-state index contributed by atoms with van der Waals surface area (Å²) in [5, 5.41) is 0. The quantitative estimate of drug-likeness (QED) is 0.0264. The number of unbranched alkanes of at least 4 members (excludes halogenated alkanes) is 54. The lowest BCUT2D eigenvalue weighted by molar-refractivity contribution is -0.161. The molecule has 83 heavy (non-hydrogen) atoms. The van der Waals surface area contributed by atoms with E-state index >= 15 is 0 Å². The van der Waals surface area contributed by atoms with Crippen LogP contribution in [0.15, 0.2) is 24.3 Å². The van der Waals surface area contributed by atoms with Crippen LogP contribution in [0.5, 0.6) is 0 Å². The standard InChI is InChI=1S/C73H142NO8P/c1-3-5-7-9-11-13-15-17-19-21-23-25-27-29-30-31-32-33-34-35-36-37-38-39-40-42-44-46-48-50-52-54-56-58-60-62-64-66-73(76)82-71(70-81-83(77,78)80-68-67-74)69-79-72(75)65-63-61-59-57-55-53-51-49-47-45-43-41-28-26-24-22-20-18-16-14-12-10-8-6-4-2/h15,17,21,23,71H,3-14,16,18-20,22,24-70,74H2,1-2H3,(H,77,78)/b17-15-,23-21-. The van der Waals surface area contributed by atoms with Gasteiger partial charge in [-0.1, -0.05) is 366 Å². The van der Waals surface area contributed by atoms with Gasteiger partial charge in [-0.15, -0.1) is 0 Å². The van der Waals surface area contributed by atoms with Crippen LogP contribution in [0.25, 0.3) is 0 Å². The lowest BCUT2D eigenvalue weighted by Gasteiger charge is -2.19. The Kier molecular flexibility index (Phi) is 68.3. The molecule has 2 atom stereocenters. The largest absolute Gasteiger partial charge is 0.472 e. The summed E-state index contributed by atoms with van der Waals surface area (Å²) in [5.41, 5.74) is 5.41. The summed E-state index contributed by atoms with van der Waals surface area (Å²) in [4.78, 5) is 35.4. The first-order chi connectivity index (χ1) is 40.8. The second kappa shape index (κ2) is 69.6. The molecule has 0 spiro atoms. The fourth-order valence-corrected chi connectivity index (χ4v) is 12.1. The Morgan fingerprint density at radius 1 is 0.361 bits per heavy atom. The SMILES string of the molecule is CCCCCCC/C=C\C/C=C\CCCCCCCCCCCCCCCCCCCCCCCCCCCC(=O)OC(COC(=O)CCCCCCCCCCCCCCCCCCCCCCCCCCC)COP(=O)(O)OCCN. The van der Waals surface area contributed by atoms with E-state index in [-0.39, 0.29) is 38.6 Å². The van der Waals surface area contributed by atoms with Crippen LogP contribution >= 0.6 is 7.82 Å². The van der Waals surface area contributed by atoms with E-state index < -0.39 is 26.5 Å². The number of phosphoric acid groups is 1. The number of hydrogen-bond acceptors (Lipinski definition) is 8. The van der Waals surface area contributed by atoms with E-state index in [9.17, 15) is 19.0 Å². The average Bonchev–Trinajstić information content (AvgIpc) is 3.49. The van der Waals surface area contributed by atoms with Gasteiger partial charge in [0, 0.05) is 19.4 Å². The van der Waals surface area contributed by atoms with E-state index in [1.807, 2.05) is 0 Å². The monoisotopic (exact) mass is 1190 g/mol. The molecule has 0 saturated heterocycles. The molecule has 0 aliphatic heterocycles. The van der Waals surface area contributed by atoms with Crippen LogP contribution in [-0.4, -0.2) is 49.3 Å². The number of rotatable bonds is 71. The zero-order valence-electron chi connectivity index (χ0n) is 55.5. The van der Waals surface area contributed by atoms with Crippen molar-refractivity contribution in [2.75, 3.05) is 26.4 Å².